The molecule has 1 heterocycles. The van der Waals surface area contributed by atoms with Gasteiger partial charge in [-0.3, -0.25) is 0 Å². The first kappa shape index (κ1) is 14.3. The molecule has 0 atom stereocenters. The lowest BCUT2D eigenvalue weighted by Crippen LogP contribution is -2.33. The molecule has 0 saturated heterocycles. The van der Waals surface area contributed by atoms with E-state index in [2.05, 4.69) is 15.5 Å². The van der Waals surface area contributed by atoms with E-state index in [9.17, 15) is 0 Å². The van der Waals surface area contributed by atoms with Crippen molar-refractivity contribution in [1.29, 1.82) is 0 Å². The van der Waals surface area contributed by atoms with Crippen molar-refractivity contribution in [3.05, 3.63) is 18.2 Å². The monoisotopic (exact) mass is 277 g/mol. The molecule has 0 saturated carbocycles. The third-order valence-corrected chi connectivity index (χ3v) is 3.00. The molecule has 7 nitrogen and oxygen atoms in total. The van der Waals surface area contributed by atoms with E-state index in [4.69, 9.17) is 15.2 Å². The lowest BCUT2D eigenvalue weighted by molar-refractivity contribution is 0.101. The van der Waals surface area contributed by atoms with Crippen LogP contribution in [0.5, 0.6) is 5.75 Å². The first-order chi connectivity index (χ1) is 9.49. The molecule has 0 bridgehead atoms. The van der Waals surface area contributed by atoms with Crippen molar-refractivity contribution in [2.24, 2.45) is 0 Å². The lowest BCUT2D eigenvalue weighted by atomic mass is 10.1. The molecule has 0 spiro atoms. The molecule has 2 rings (SSSR count). The molecule has 2 N–H and O–H groups in total. The van der Waals surface area contributed by atoms with E-state index < -0.39 is 0 Å². The molecule has 1 aromatic heterocycles. The van der Waals surface area contributed by atoms with Crippen LogP contribution < -0.4 is 10.5 Å². The minimum atomic E-state index is -0.386. The highest BCUT2D eigenvalue weighted by Gasteiger charge is 2.27. The summed E-state index contributed by atoms with van der Waals surface area (Å²) in [6, 6.07) is 5.37. The molecule has 2 aromatic rings. The highest BCUT2D eigenvalue weighted by molar-refractivity contribution is 5.68. The zero-order chi connectivity index (χ0) is 14.8. The number of nitrogens with zero attached hydrogens (tertiary/aromatic N) is 4. The summed E-state index contributed by atoms with van der Waals surface area (Å²) >= 11 is 0. The van der Waals surface area contributed by atoms with Crippen LogP contribution in [-0.4, -0.2) is 41.0 Å². The van der Waals surface area contributed by atoms with Gasteiger partial charge in [-0.2, -0.15) is 0 Å². The first-order valence-corrected chi connectivity index (χ1v) is 6.21. The van der Waals surface area contributed by atoms with Gasteiger partial charge in [-0.25, -0.2) is 4.68 Å². The molecule has 0 amide bonds. The summed E-state index contributed by atoms with van der Waals surface area (Å²) in [5, 5.41) is 11.9. The van der Waals surface area contributed by atoms with Gasteiger partial charge in [0, 0.05) is 12.8 Å². The Hall–Kier alpha value is -2.15. The molecular formula is C13H19N5O2. The van der Waals surface area contributed by atoms with E-state index in [1.165, 1.54) is 0 Å². The zero-order valence-electron chi connectivity index (χ0n) is 12.1. The maximum atomic E-state index is 5.85. The molecule has 0 aliphatic carbocycles. The van der Waals surface area contributed by atoms with Gasteiger partial charge in [0.15, 0.2) is 5.82 Å². The van der Waals surface area contributed by atoms with Crippen LogP contribution in [0.25, 0.3) is 11.4 Å². The summed E-state index contributed by atoms with van der Waals surface area (Å²) in [5.74, 6) is 1.26. The smallest absolute Gasteiger partial charge is 0.186 e. The van der Waals surface area contributed by atoms with Gasteiger partial charge in [0.25, 0.3) is 0 Å². The van der Waals surface area contributed by atoms with Crippen LogP contribution in [0.2, 0.25) is 0 Å². The van der Waals surface area contributed by atoms with Crippen molar-refractivity contribution in [2.75, 3.05) is 26.6 Å². The summed E-state index contributed by atoms with van der Waals surface area (Å²) < 4.78 is 12.3. The van der Waals surface area contributed by atoms with E-state index in [-0.39, 0.29) is 5.54 Å². The number of methoxy groups -OCH3 is 2. The molecular weight excluding hydrogens is 258 g/mol. The summed E-state index contributed by atoms with van der Waals surface area (Å²) in [6.07, 6.45) is 0. The van der Waals surface area contributed by atoms with E-state index >= 15 is 0 Å². The maximum absolute atomic E-state index is 5.85. The van der Waals surface area contributed by atoms with Crippen molar-refractivity contribution in [1.82, 2.24) is 20.2 Å². The van der Waals surface area contributed by atoms with Crippen LogP contribution in [0, 0.1) is 0 Å². The Bertz CT molecular complexity index is 594. The fraction of sp³-hybridized carbons (Fsp3) is 0.462. The predicted molar refractivity (Wildman–Crippen MR) is 75.4 cm³/mol. The summed E-state index contributed by atoms with van der Waals surface area (Å²) in [7, 11) is 3.25. The second kappa shape index (κ2) is 5.46. The number of hydrogen-bond donors (Lipinski definition) is 1. The fourth-order valence-electron chi connectivity index (χ4n) is 2.08. The van der Waals surface area contributed by atoms with Gasteiger partial charge in [0.1, 0.15) is 5.75 Å². The molecule has 0 fully saturated rings. The van der Waals surface area contributed by atoms with E-state index in [1.807, 2.05) is 13.8 Å². The Labute approximate surface area is 117 Å². The fourth-order valence-corrected chi connectivity index (χ4v) is 2.08. The van der Waals surface area contributed by atoms with Crippen LogP contribution in [0.3, 0.4) is 0 Å². The minimum absolute atomic E-state index is 0.386. The van der Waals surface area contributed by atoms with Crippen molar-refractivity contribution in [3.8, 4) is 17.1 Å². The number of anilines is 1. The molecule has 0 aliphatic rings. The lowest BCUT2D eigenvalue weighted by Gasteiger charge is -2.25. The standard InChI is InChI=1S/C13H19N5O2/c1-13(2,8-19-3)18-12(15-16-17-18)10-7-9(14)5-6-11(10)20-4/h5-7H,8,14H2,1-4H3. The van der Waals surface area contributed by atoms with Crippen molar-refractivity contribution >= 4 is 5.69 Å². The number of nitrogens with two attached hydrogens (primary N) is 1. The predicted octanol–water partition coefficient (Wildman–Crippen LogP) is 1.31. The maximum Gasteiger partial charge on any atom is 0.186 e. The Morgan fingerprint density at radius 1 is 1.30 bits per heavy atom. The third kappa shape index (κ3) is 2.57. The van der Waals surface area contributed by atoms with E-state index in [0.29, 0.717) is 23.9 Å². The second-order valence-corrected chi connectivity index (χ2v) is 5.12. The Kier molecular flexibility index (Phi) is 3.89. The number of nitrogen functional groups attached to an aromatic ring is 1. The molecule has 0 radical (unpaired) electrons. The second-order valence-electron chi connectivity index (χ2n) is 5.12. The van der Waals surface area contributed by atoms with Gasteiger partial charge >= 0.3 is 0 Å². The number of hydrogen-bond acceptors (Lipinski definition) is 6. The van der Waals surface area contributed by atoms with Gasteiger partial charge in [-0.15, -0.1) is 5.10 Å². The topological polar surface area (TPSA) is 88.1 Å². The zero-order valence-corrected chi connectivity index (χ0v) is 12.1. The van der Waals surface area contributed by atoms with Gasteiger partial charge in [-0.1, -0.05) is 0 Å². The average molecular weight is 277 g/mol. The van der Waals surface area contributed by atoms with Gasteiger partial charge < -0.3 is 15.2 Å². The third-order valence-electron chi connectivity index (χ3n) is 3.00. The molecule has 20 heavy (non-hydrogen) atoms. The number of benzene rings is 1. The van der Waals surface area contributed by atoms with E-state index in [0.717, 1.165) is 5.56 Å². The van der Waals surface area contributed by atoms with Crippen LogP contribution in [0.4, 0.5) is 5.69 Å². The number of rotatable bonds is 5. The average Bonchev–Trinajstić information content (AvgIpc) is 2.88. The SMILES string of the molecule is COCC(C)(C)n1nnnc1-c1cc(N)ccc1OC. The highest BCUT2D eigenvalue weighted by atomic mass is 16.5. The van der Waals surface area contributed by atoms with E-state index in [1.54, 1.807) is 37.1 Å². The normalized spacial score (nSPS) is 11.6. The van der Waals surface area contributed by atoms with Crippen LogP contribution in [0.1, 0.15) is 13.8 Å². The molecule has 7 heteroatoms. The van der Waals surface area contributed by atoms with Gasteiger partial charge in [-0.05, 0) is 42.5 Å². The Morgan fingerprint density at radius 2 is 2.05 bits per heavy atom. The Balaban J connectivity index is 2.55. The van der Waals surface area contributed by atoms with Crippen molar-refractivity contribution in [3.63, 3.8) is 0 Å². The minimum Gasteiger partial charge on any atom is -0.496 e. The van der Waals surface area contributed by atoms with Crippen LogP contribution in [0.15, 0.2) is 18.2 Å². The largest absolute Gasteiger partial charge is 0.496 e. The highest BCUT2D eigenvalue weighted by Crippen LogP contribution is 2.32. The van der Waals surface area contributed by atoms with Crippen molar-refractivity contribution in [2.45, 2.75) is 19.4 Å². The number of ether oxygens (including phenoxy) is 2. The van der Waals surface area contributed by atoms with Crippen LogP contribution in [-0.2, 0) is 10.3 Å². The summed E-state index contributed by atoms with van der Waals surface area (Å²) in [5.41, 5.74) is 6.84. The van der Waals surface area contributed by atoms with Crippen molar-refractivity contribution < 1.29 is 9.47 Å². The Morgan fingerprint density at radius 3 is 2.70 bits per heavy atom. The summed E-state index contributed by atoms with van der Waals surface area (Å²) in [4.78, 5) is 0. The molecule has 108 valence electrons. The van der Waals surface area contributed by atoms with Gasteiger partial charge in [0.05, 0.1) is 24.8 Å². The van der Waals surface area contributed by atoms with Gasteiger partial charge in [0.2, 0.25) is 0 Å². The molecule has 0 unspecified atom stereocenters. The van der Waals surface area contributed by atoms with Crippen LogP contribution >= 0.6 is 0 Å². The number of aromatic nitrogens is 4. The molecule has 0 aliphatic heterocycles. The quantitative estimate of drug-likeness (QED) is 0.829. The first-order valence-electron chi connectivity index (χ1n) is 6.21. The number of tetrazole rings is 1. The summed E-state index contributed by atoms with van der Waals surface area (Å²) in [6.45, 7) is 4.47. The molecule has 1 aromatic carbocycles.